The van der Waals surface area contributed by atoms with Crippen LogP contribution in [-0.4, -0.2) is 62.0 Å². The number of esters is 1. The van der Waals surface area contributed by atoms with Gasteiger partial charge in [-0.05, 0) is 39.5 Å². The number of benzene rings is 1. The van der Waals surface area contributed by atoms with Gasteiger partial charge >= 0.3 is 5.97 Å². The Morgan fingerprint density at radius 2 is 1.74 bits per heavy atom. The smallest absolute Gasteiger partial charge is 0.307 e. The summed E-state index contributed by atoms with van der Waals surface area (Å²) in [5, 5.41) is 0. The molecule has 5 heteroatoms. The quantitative estimate of drug-likeness (QED) is 0.619. The number of ether oxygens (including phenoxy) is 1. The van der Waals surface area contributed by atoms with Crippen LogP contribution < -0.4 is 0 Å². The van der Waals surface area contributed by atoms with Gasteiger partial charge in [0.2, 0.25) is 5.91 Å². The molecule has 0 saturated heterocycles. The van der Waals surface area contributed by atoms with Gasteiger partial charge in [-0.25, -0.2) is 0 Å². The summed E-state index contributed by atoms with van der Waals surface area (Å²) in [5.74, 6) is -0.197. The average molecular weight is 320 g/mol. The Balaban J connectivity index is 2.57. The standard InChI is InChI=1S/C18H28N2O3/c1-4-23-18(22)11-14-20(13-8-12-19(2)3)17(21)15-16-9-6-5-7-10-16/h5-7,9-10H,4,8,11-15H2,1-3H3. The summed E-state index contributed by atoms with van der Waals surface area (Å²) >= 11 is 0. The van der Waals surface area contributed by atoms with Crippen molar-refractivity contribution in [2.24, 2.45) is 0 Å². The maximum absolute atomic E-state index is 12.5. The monoisotopic (exact) mass is 320 g/mol. The summed E-state index contributed by atoms with van der Waals surface area (Å²) in [6.07, 6.45) is 1.50. The molecule has 0 aliphatic carbocycles. The molecule has 5 nitrogen and oxygen atoms in total. The highest BCUT2D eigenvalue weighted by Gasteiger charge is 2.15. The van der Waals surface area contributed by atoms with Crippen molar-refractivity contribution in [3.8, 4) is 0 Å². The maximum Gasteiger partial charge on any atom is 0.307 e. The zero-order valence-corrected chi connectivity index (χ0v) is 14.5. The number of hydrogen-bond donors (Lipinski definition) is 0. The average Bonchev–Trinajstić information content (AvgIpc) is 2.51. The molecule has 1 aromatic rings. The second-order valence-corrected chi connectivity index (χ2v) is 5.76. The van der Waals surface area contributed by atoms with Gasteiger partial charge in [-0.2, -0.15) is 0 Å². The van der Waals surface area contributed by atoms with Crippen LogP contribution in [0.15, 0.2) is 30.3 Å². The molecule has 0 aromatic heterocycles. The van der Waals surface area contributed by atoms with Gasteiger partial charge in [-0.1, -0.05) is 30.3 Å². The fraction of sp³-hybridized carbons (Fsp3) is 0.556. The van der Waals surface area contributed by atoms with Crippen LogP contribution in [0.2, 0.25) is 0 Å². The molecule has 0 heterocycles. The molecule has 0 atom stereocenters. The first kappa shape index (κ1) is 19.2. The van der Waals surface area contributed by atoms with Crippen LogP contribution in [0, 0.1) is 0 Å². The van der Waals surface area contributed by atoms with Crippen LogP contribution in [-0.2, 0) is 20.7 Å². The Bertz CT molecular complexity index is 474. The molecule has 0 unspecified atom stereocenters. The van der Waals surface area contributed by atoms with E-state index < -0.39 is 0 Å². The van der Waals surface area contributed by atoms with Crippen LogP contribution >= 0.6 is 0 Å². The first-order chi connectivity index (χ1) is 11.0. The van der Waals surface area contributed by atoms with Gasteiger partial charge in [0.05, 0.1) is 19.4 Å². The fourth-order valence-electron chi connectivity index (χ4n) is 2.28. The first-order valence-corrected chi connectivity index (χ1v) is 8.15. The topological polar surface area (TPSA) is 49.9 Å². The molecule has 128 valence electrons. The van der Waals surface area contributed by atoms with Crippen LogP contribution in [0.25, 0.3) is 0 Å². The lowest BCUT2D eigenvalue weighted by Gasteiger charge is -2.23. The number of amides is 1. The highest BCUT2D eigenvalue weighted by molar-refractivity contribution is 5.79. The highest BCUT2D eigenvalue weighted by atomic mass is 16.5. The summed E-state index contributed by atoms with van der Waals surface area (Å²) in [7, 11) is 4.02. The lowest BCUT2D eigenvalue weighted by Crippen LogP contribution is -2.36. The molecule has 0 saturated carbocycles. The van der Waals surface area contributed by atoms with Gasteiger partial charge in [-0.3, -0.25) is 9.59 Å². The molecule has 0 bridgehead atoms. The van der Waals surface area contributed by atoms with Gasteiger partial charge in [0, 0.05) is 13.1 Å². The normalized spacial score (nSPS) is 10.6. The molecule has 0 aliphatic rings. The lowest BCUT2D eigenvalue weighted by atomic mass is 10.1. The summed E-state index contributed by atoms with van der Waals surface area (Å²) in [4.78, 5) is 27.9. The highest BCUT2D eigenvalue weighted by Crippen LogP contribution is 2.05. The van der Waals surface area contributed by atoms with Crippen molar-refractivity contribution in [3.05, 3.63) is 35.9 Å². The van der Waals surface area contributed by atoms with Gasteiger partial charge in [-0.15, -0.1) is 0 Å². The van der Waals surface area contributed by atoms with Crippen molar-refractivity contribution in [1.82, 2.24) is 9.80 Å². The maximum atomic E-state index is 12.5. The summed E-state index contributed by atoms with van der Waals surface area (Å²) in [6.45, 7) is 4.14. The number of rotatable bonds is 10. The Kier molecular flexibility index (Phi) is 8.98. The number of carbonyl (C=O) groups is 2. The van der Waals surface area contributed by atoms with E-state index >= 15 is 0 Å². The molecule has 0 fully saturated rings. The zero-order valence-electron chi connectivity index (χ0n) is 14.5. The second kappa shape index (κ2) is 10.8. The predicted molar refractivity (Wildman–Crippen MR) is 91.1 cm³/mol. The summed E-state index contributed by atoms with van der Waals surface area (Å²) in [5.41, 5.74) is 0.992. The first-order valence-electron chi connectivity index (χ1n) is 8.15. The molecule has 1 aromatic carbocycles. The van der Waals surface area contributed by atoms with E-state index in [9.17, 15) is 9.59 Å². The minimum absolute atomic E-state index is 0.0549. The minimum Gasteiger partial charge on any atom is -0.466 e. The Morgan fingerprint density at radius 3 is 2.35 bits per heavy atom. The van der Waals surface area contributed by atoms with Gasteiger partial charge in [0.25, 0.3) is 0 Å². The second-order valence-electron chi connectivity index (χ2n) is 5.76. The molecule has 0 aliphatic heterocycles. The third-order valence-corrected chi connectivity index (χ3v) is 3.48. The van der Waals surface area contributed by atoms with Crippen molar-refractivity contribution in [2.75, 3.05) is 40.3 Å². The lowest BCUT2D eigenvalue weighted by molar-refractivity contribution is -0.144. The van der Waals surface area contributed by atoms with E-state index in [1.165, 1.54) is 0 Å². The van der Waals surface area contributed by atoms with Crippen LogP contribution in [0.4, 0.5) is 0 Å². The van der Waals surface area contributed by atoms with Crippen molar-refractivity contribution < 1.29 is 14.3 Å². The van der Waals surface area contributed by atoms with Gasteiger partial charge < -0.3 is 14.5 Å². The van der Waals surface area contributed by atoms with E-state index in [1.54, 1.807) is 11.8 Å². The van der Waals surface area contributed by atoms with E-state index in [-0.39, 0.29) is 18.3 Å². The van der Waals surface area contributed by atoms with Crippen molar-refractivity contribution in [1.29, 1.82) is 0 Å². The van der Waals surface area contributed by atoms with Gasteiger partial charge in [0.1, 0.15) is 0 Å². The molecule has 0 radical (unpaired) electrons. The molecular formula is C18H28N2O3. The predicted octanol–water partition coefficient (Wildman–Crippen LogP) is 1.96. The van der Waals surface area contributed by atoms with E-state index in [0.29, 0.717) is 26.1 Å². The van der Waals surface area contributed by atoms with Crippen LogP contribution in [0.1, 0.15) is 25.3 Å². The summed E-state index contributed by atoms with van der Waals surface area (Å²) < 4.78 is 4.95. The molecule has 23 heavy (non-hydrogen) atoms. The molecule has 0 spiro atoms. The molecule has 0 N–H and O–H groups in total. The Hall–Kier alpha value is -1.88. The van der Waals surface area contributed by atoms with E-state index in [0.717, 1.165) is 18.5 Å². The zero-order chi connectivity index (χ0) is 17.1. The SMILES string of the molecule is CCOC(=O)CCN(CCCN(C)C)C(=O)Cc1ccccc1. The van der Waals surface area contributed by atoms with Crippen molar-refractivity contribution in [3.63, 3.8) is 0 Å². The molecular weight excluding hydrogens is 292 g/mol. The molecule has 1 rings (SSSR count). The van der Waals surface area contributed by atoms with Crippen molar-refractivity contribution >= 4 is 11.9 Å². The number of carbonyl (C=O) groups excluding carboxylic acids is 2. The third-order valence-electron chi connectivity index (χ3n) is 3.48. The largest absolute Gasteiger partial charge is 0.466 e. The van der Waals surface area contributed by atoms with Crippen LogP contribution in [0.3, 0.4) is 0 Å². The fourth-order valence-corrected chi connectivity index (χ4v) is 2.28. The Labute approximate surface area is 139 Å². The number of nitrogens with zero attached hydrogens (tertiary/aromatic N) is 2. The Morgan fingerprint density at radius 1 is 1.04 bits per heavy atom. The molecule has 1 amide bonds. The summed E-state index contributed by atoms with van der Waals surface area (Å²) in [6, 6.07) is 9.68. The van der Waals surface area contributed by atoms with Gasteiger partial charge in [0.15, 0.2) is 0 Å². The van der Waals surface area contributed by atoms with Crippen molar-refractivity contribution in [2.45, 2.75) is 26.2 Å². The third kappa shape index (κ3) is 8.35. The van der Waals surface area contributed by atoms with E-state index in [4.69, 9.17) is 4.74 Å². The number of hydrogen-bond acceptors (Lipinski definition) is 4. The van der Waals surface area contributed by atoms with Crippen LogP contribution in [0.5, 0.6) is 0 Å². The van der Waals surface area contributed by atoms with E-state index in [2.05, 4.69) is 4.90 Å². The minimum atomic E-state index is -0.252. The van der Waals surface area contributed by atoms with E-state index in [1.807, 2.05) is 44.4 Å².